The Morgan fingerprint density at radius 1 is 0.607 bits per heavy atom. The first kappa shape index (κ1) is 19.5. The summed E-state index contributed by atoms with van der Waals surface area (Å²) in [4.78, 5) is 24.4. The van der Waals surface area contributed by atoms with Crippen LogP contribution in [0.2, 0.25) is 10.0 Å². The molecule has 0 saturated carbocycles. The zero-order chi connectivity index (χ0) is 19.9. The first-order valence-corrected chi connectivity index (χ1v) is 9.01. The fourth-order valence-corrected chi connectivity index (χ4v) is 2.69. The number of halogens is 2. The van der Waals surface area contributed by atoms with E-state index in [1.165, 1.54) is 0 Å². The maximum absolute atomic E-state index is 12.2. The van der Waals surface area contributed by atoms with E-state index >= 15 is 0 Å². The number of benzene rings is 3. The summed E-state index contributed by atoms with van der Waals surface area (Å²) < 4.78 is 0. The fourth-order valence-electron chi connectivity index (χ4n) is 2.31. The number of hydrazine groups is 2. The summed E-state index contributed by atoms with van der Waals surface area (Å²) in [6.07, 6.45) is 0. The minimum absolute atomic E-state index is 0.344. The van der Waals surface area contributed by atoms with Crippen molar-refractivity contribution in [2.24, 2.45) is 0 Å². The lowest BCUT2D eigenvalue weighted by Crippen LogP contribution is -2.30. The lowest BCUT2D eigenvalue weighted by molar-refractivity contribution is 0.0951. The monoisotopic (exact) mass is 414 g/mol. The van der Waals surface area contributed by atoms with Crippen LogP contribution in [0, 0.1) is 0 Å². The fraction of sp³-hybridized carbons (Fsp3) is 0. The molecule has 8 heteroatoms. The second-order valence-corrected chi connectivity index (χ2v) is 6.63. The largest absolute Gasteiger partial charge is 0.298 e. The Morgan fingerprint density at radius 3 is 1.36 bits per heavy atom. The van der Waals surface area contributed by atoms with E-state index in [-0.39, 0.29) is 11.8 Å². The Hall–Kier alpha value is -3.22. The van der Waals surface area contributed by atoms with Gasteiger partial charge < -0.3 is 0 Å². The second kappa shape index (κ2) is 9.12. The van der Waals surface area contributed by atoms with Crippen LogP contribution < -0.4 is 21.7 Å². The first-order valence-electron chi connectivity index (χ1n) is 8.25. The number of anilines is 2. The molecule has 0 aromatic heterocycles. The molecule has 0 atom stereocenters. The van der Waals surface area contributed by atoms with Gasteiger partial charge in [0.1, 0.15) is 0 Å². The van der Waals surface area contributed by atoms with Gasteiger partial charge in [0.05, 0.1) is 11.4 Å². The topological polar surface area (TPSA) is 82.3 Å². The summed E-state index contributed by atoms with van der Waals surface area (Å²) in [5, 5.41) is 1.11. The summed E-state index contributed by atoms with van der Waals surface area (Å²) in [5.41, 5.74) is 12.8. The van der Waals surface area contributed by atoms with E-state index in [9.17, 15) is 9.59 Å². The van der Waals surface area contributed by atoms with Crippen molar-refractivity contribution in [1.82, 2.24) is 10.9 Å². The quantitative estimate of drug-likeness (QED) is 0.447. The second-order valence-electron chi connectivity index (χ2n) is 5.76. The number of rotatable bonds is 6. The van der Waals surface area contributed by atoms with Gasteiger partial charge in [-0.05, 0) is 60.7 Å². The predicted molar refractivity (Wildman–Crippen MR) is 112 cm³/mol. The molecular formula is C20H16Cl2N4O2. The van der Waals surface area contributed by atoms with E-state index in [0.29, 0.717) is 32.5 Å². The molecule has 6 nitrogen and oxygen atoms in total. The van der Waals surface area contributed by atoms with Gasteiger partial charge in [-0.25, -0.2) is 0 Å². The van der Waals surface area contributed by atoms with Gasteiger partial charge in [-0.15, -0.1) is 0 Å². The molecule has 0 saturated heterocycles. The number of hydrogen-bond acceptors (Lipinski definition) is 4. The van der Waals surface area contributed by atoms with Gasteiger partial charge >= 0.3 is 0 Å². The number of nitrogens with one attached hydrogen (secondary N) is 4. The summed E-state index contributed by atoms with van der Waals surface area (Å²) in [6.45, 7) is 0. The van der Waals surface area contributed by atoms with Crippen molar-refractivity contribution < 1.29 is 9.59 Å². The van der Waals surface area contributed by atoms with Crippen molar-refractivity contribution in [3.8, 4) is 0 Å². The molecule has 4 N–H and O–H groups in total. The Balaban J connectivity index is 1.54. The lowest BCUT2D eigenvalue weighted by Gasteiger charge is -2.10. The molecule has 142 valence electrons. The molecule has 0 aliphatic heterocycles. The molecule has 0 heterocycles. The highest BCUT2D eigenvalue weighted by Gasteiger charge is 2.09. The van der Waals surface area contributed by atoms with Crippen molar-refractivity contribution in [2.75, 3.05) is 10.9 Å². The third-order valence-electron chi connectivity index (χ3n) is 3.70. The Morgan fingerprint density at radius 2 is 1.00 bits per heavy atom. The highest BCUT2D eigenvalue weighted by atomic mass is 35.5. The summed E-state index contributed by atoms with van der Waals surface area (Å²) in [7, 11) is 0. The van der Waals surface area contributed by atoms with Crippen LogP contribution in [0.25, 0.3) is 0 Å². The lowest BCUT2D eigenvalue weighted by atomic mass is 10.1. The van der Waals surface area contributed by atoms with Crippen molar-refractivity contribution in [3.05, 3.63) is 94.0 Å². The van der Waals surface area contributed by atoms with Crippen molar-refractivity contribution >= 4 is 46.4 Å². The Bertz CT molecular complexity index is 913. The van der Waals surface area contributed by atoms with E-state index in [1.807, 2.05) is 0 Å². The maximum atomic E-state index is 12.2. The van der Waals surface area contributed by atoms with Gasteiger partial charge in [-0.2, -0.15) is 0 Å². The van der Waals surface area contributed by atoms with Crippen LogP contribution in [0.1, 0.15) is 20.7 Å². The third-order valence-corrected chi connectivity index (χ3v) is 4.17. The predicted octanol–water partition coefficient (Wildman–Crippen LogP) is 4.51. The molecule has 3 rings (SSSR count). The highest BCUT2D eigenvalue weighted by molar-refractivity contribution is 6.31. The molecule has 0 radical (unpaired) electrons. The molecule has 28 heavy (non-hydrogen) atoms. The van der Waals surface area contributed by atoms with Crippen LogP contribution >= 0.6 is 23.2 Å². The van der Waals surface area contributed by atoms with Gasteiger partial charge in [0.2, 0.25) is 0 Å². The molecule has 0 fully saturated rings. The van der Waals surface area contributed by atoms with Gasteiger partial charge in [-0.3, -0.25) is 31.3 Å². The average Bonchev–Trinajstić information content (AvgIpc) is 2.70. The molecule has 3 aromatic rings. The zero-order valence-electron chi connectivity index (χ0n) is 14.5. The summed E-state index contributed by atoms with van der Waals surface area (Å²) in [5.74, 6) is -0.687. The number of carbonyl (C=O) groups excluding carboxylic acids is 2. The summed E-state index contributed by atoms with van der Waals surface area (Å²) in [6, 6.07) is 20.1. The van der Waals surface area contributed by atoms with E-state index in [4.69, 9.17) is 23.2 Å². The van der Waals surface area contributed by atoms with Crippen molar-refractivity contribution in [2.45, 2.75) is 0 Å². The van der Waals surface area contributed by atoms with E-state index in [2.05, 4.69) is 21.7 Å². The van der Waals surface area contributed by atoms with Gasteiger partial charge in [-0.1, -0.05) is 35.3 Å². The maximum Gasteiger partial charge on any atom is 0.269 e. The standard InChI is InChI=1S/C20H16Cl2N4O2/c21-15-3-1-5-17(11-15)23-25-19(27)13-7-9-14(10-8-13)20(28)26-24-18-6-2-4-16(22)12-18/h1-12,23-24H,(H,25,27)(H,26,28). The van der Waals surface area contributed by atoms with Crippen LogP contribution in [0.4, 0.5) is 11.4 Å². The van der Waals surface area contributed by atoms with E-state index in [1.54, 1.807) is 72.8 Å². The average molecular weight is 415 g/mol. The van der Waals surface area contributed by atoms with Crippen LogP contribution in [0.3, 0.4) is 0 Å². The van der Waals surface area contributed by atoms with Crippen LogP contribution in [-0.2, 0) is 0 Å². The number of hydrogen-bond donors (Lipinski definition) is 4. The molecule has 2 amide bonds. The molecule has 0 spiro atoms. The summed E-state index contributed by atoms with van der Waals surface area (Å²) >= 11 is 11.8. The molecular weight excluding hydrogens is 399 g/mol. The minimum Gasteiger partial charge on any atom is -0.298 e. The minimum atomic E-state index is -0.344. The molecule has 0 bridgehead atoms. The zero-order valence-corrected chi connectivity index (χ0v) is 16.0. The number of amides is 2. The molecule has 0 unspecified atom stereocenters. The van der Waals surface area contributed by atoms with E-state index in [0.717, 1.165) is 0 Å². The first-order chi connectivity index (χ1) is 13.5. The normalized spacial score (nSPS) is 10.1. The smallest absolute Gasteiger partial charge is 0.269 e. The molecule has 3 aromatic carbocycles. The number of carbonyl (C=O) groups is 2. The van der Waals surface area contributed by atoms with Gasteiger partial charge in [0.25, 0.3) is 11.8 Å². The van der Waals surface area contributed by atoms with Crippen molar-refractivity contribution in [3.63, 3.8) is 0 Å². The van der Waals surface area contributed by atoms with Crippen LogP contribution in [-0.4, -0.2) is 11.8 Å². The van der Waals surface area contributed by atoms with Gasteiger partial charge in [0.15, 0.2) is 0 Å². The van der Waals surface area contributed by atoms with E-state index < -0.39 is 0 Å². The van der Waals surface area contributed by atoms with Crippen LogP contribution in [0.5, 0.6) is 0 Å². The highest BCUT2D eigenvalue weighted by Crippen LogP contribution is 2.15. The van der Waals surface area contributed by atoms with Gasteiger partial charge in [0, 0.05) is 21.2 Å². The van der Waals surface area contributed by atoms with Crippen molar-refractivity contribution in [1.29, 1.82) is 0 Å². The molecule has 0 aliphatic rings. The molecule has 0 aliphatic carbocycles. The Labute approximate surface area is 171 Å². The Kier molecular flexibility index (Phi) is 6.37. The third kappa shape index (κ3) is 5.39. The van der Waals surface area contributed by atoms with Crippen LogP contribution in [0.15, 0.2) is 72.8 Å². The SMILES string of the molecule is O=C(NNc1cccc(Cl)c1)c1ccc(C(=O)NNc2cccc(Cl)c2)cc1.